The minimum Gasteiger partial charge on any atom is -0.490 e. The molecular formula is C22H34O4S. The minimum absolute atomic E-state index is 0.202. The fourth-order valence-corrected chi connectivity index (χ4v) is 4.49. The molecule has 0 unspecified atom stereocenters. The van der Waals surface area contributed by atoms with Crippen LogP contribution >= 0.6 is 0 Å². The van der Waals surface area contributed by atoms with E-state index in [0.29, 0.717) is 25.4 Å². The smallest absolute Gasteiger partial charge is 0.155 e. The highest BCUT2D eigenvalue weighted by atomic mass is 32.2. The van der Waals surface area contributed by atoms with Crippen LogP contribution in [-0.2, 0) is 21.1 Å². The van der Waals surface area contributed by atoms with Crippen molar-refractivity contribution < 1.29 is 17.9 Å². The van der Waals surface area contributed by atoms with Gasteiger partial charge in [0.1, 0.15) is 11.5 Å². The van der Waals surface area contributed by atoms with Crippen LogP contribution in [-0.4, -0.2) is 30.8 Å². The summed E-state index contributed by atoms with van der Waals surface area (Å²) in [5, 5.41) is 0. The maximum atomic E-state index is 12.1. The summed E-state index contributed by atoms with van der Waals surface area (Å²) in [4.78, 5) is 12.1. The summed E-state index contributed by atoms with van der Waals surface area (Å²) >= 11 is 0. The largest absolute Gasteiger partial charge is 0.490 e. The zero-order chi connectivity index (χ0) is 19.9. The molecule has 0 heterocycles. The quantitative estimate of drug-likeness (QED) is 0.530. The van der Waals surface area contributed by atoms with E-state index in [1.165, 1.54) is 12.8 Å². The Hall–Kier alpha value is -1.36. The van der Waals surface area contributed by atoms with E-state index in [4.69, 9.17) is 4.74 Å². The van der Waals surface area contributed by atoms with Gasteiger partial charge in [0, 0.05) is 12.8 Å². The number of ketones is 1. The van der Waals surface area contributed by atoms with Crippen molar-refractivity contribution in [2.75, 3.05) is 5.75 Å². The van der Waals surface area contributed by atoms with Gasteiger partial charge in [-0.15, -0.1) is 0 Å². The van der Waals surface area contributed by atoms with Crippen molar-refractivity contribution in [2.24, 2.45) is 0 Å². The molecule has 4 nitrogen and oxygen atoms in total. The lowest BCUT2D eigenvalue weighted by molar-refractivity contribution is -0.118. The molecule has 2 rings (SSSR count). The van der Waals surface area contributed by atoms with Crippen molar-refractivity contribution in [3.8, 4) is 5.75 Å². The number of hydrogen-bond donors (Lipinski definition) is 0. The van der Waals surface area contributed by atoms with Gasteiger partial charge in [0.2, 0.25) is 0 Å². The van der Waals surface area contributed by atoms with Gasteiger partial charge in [0.05, 0.1) is 16.6 Å². The van der Waals surface area contributed by atoms with Gasteiger partial charge in [0.15, 0.2) is 9.84 Å². The Morgan fingerprint density at radius 3 is 2.26 bits per heavy atom. The summed E-state index contributed by atoms with van der Waals surface area (Å²) in [5.41, 5.74) is 1.01. The third-order valence-electron chi connectivity index (χ3n) is 5.23. The minimum atomic E-state index is -3.06. The normalized spacial score (nSPS) is 15.8. The summed E-state index contributed by atoms with van der Waals surface area (Å²) in [6.45, 7) is 5.20. The maximum absolute atomic E-state index is 12.1. The van der Waals surface area contributed by atoms with Gasteiger partial charge in [-0.3, -0.25) is 4.79 Å². The first-order chi connectivity index (χ1) is 12.7. The molecule has 0 amide bonds. The van der Waals surface area contributed by atoms with Crippen LogP contribution in [0.1, 0.15) is 77.7 Å². The number of carbonyl (C=O) groups is 1. The highest BCUT2D eigenvalue weighted by Gasteiger charge is 2.27. The van der Waals surface area contributed by atoms with Crippen molar-refractivity contribution in [1.29, 1.82) is 0 Å². The fourth-order valence-electron chi connectivity index (χ4n) is 3.30. The molecule has 1 aliphatic rings. The average Bonchev–Trinajstić information content (AvgIpc) is 3.08. The topological polar surface area (TPSA) is 60.4 Å². The number of sulfone groups is 1. The number of hydrogen-bond acceptors (Lipinski definition) is 4. The predicted molar refractivity (Wildman–Crippen MR) is 110 cm³/mol. The lowest BCUT2D eigenvalue weighted by Crippen LogP contribution is -2.30. The molecule has 152 valence electrons. The number of Topliss-reactive ketones (excluding diaryl/α,β-unsaturated/α-hetero) is 1. The van der Waals surface area contributed by atoms with Crippen molar-refractivity contribution in [3.63, 3.8) is 0 Å². The summed E-state index contributed by atoms with van der Waals surface area (Å²) in [6.07, 6.45) is 8.21. The van der Waals surface area contributed by atoms with E-state index in [0.717, 1.165) is 37.0 Å². The first-order valence-electron chi connectivity index (χ1n) is 10.2. The maximum Gasteiger partial charge on any atom is 0.155 e. The summed E-state index contributed by atoms with van der Waals surface area (Å²) in [5.74, 6) is 1.30. The summed E-state index contributed by atoms with van der Waals surface area (Å²) < 4.78 is 29.3. The number of carbonyl (C=O) groups excluding carboxylic acids is 1. The molecule has 0 aromatic heterocycles. The number of ether oxygens (including phenoxy) is 1. The van der Waals surface area contributed by atoms with E-state index in [-0.39, 0.29) is 11.5 Å². The van der Waals surface area contributed by atoms with E-state index in [2.05, 4.69) is 0 Å². The molecule has 0 radical (unpaired) electrons. The Morgan fingerprint density at radius 1 is 1.04 bits per heavy atom. The molecule has 1 aromatic carbocycles. The van der Waals surface area contributed by atoms with Crippen LogP contribution in [0.25, 0.3) is 0 Å². The summed E-state index contributed by atoms with van der Waals surface area (Å²) in [6, 6.07) is 7.85. The monoisotopic (exact) mass is 394 g/mol. The molecule has 0 saturated heterocycles. The van der Waals surface area contributed by atoms with Gasteiger partial charge in [-0.05, 0) is 77.0 Å². The molecule has 1 aliphatic carbocycles. The SMILES string of the molecule is CC(C)(C)S(=O)(=O)CCCCCC(=O)Cc1ccc(OC2CCCC2)cc1. The van der Waals surface area contributed by atoms with Crippen molar-refractivity contribution >= 4 is 15.6 Å². The second kappa shape index (κ2) is 9.72. The van der Waals surface area contributed by atoms with Crippen molar-refractivity contribution in [1.82, 2.24) is 0 Å². The van der Waals surface area contributed by atoms with Crippen LogP contribution in [0.4, 0.5) is 0 Å². The van der Waals surface area contributed by atoms with E-state index >= 15 is 0 Å². The first kappa shape index (κ1) is 21.9. The average molecular weight is 395 g/mol. The molecule has 0 aliphatic heterocycles. The zero-order valence-corrected chi connectivity index (χ0v) is 17.8. The van der Waals surface area contributed by atoms with Gasteiger partial charge in [-0.2, -0.15) is 0 Å². The lowest BCUT2D eigenvalue weighted by Gasteiger charge is -2.18. The van der Waals surface area contributed by atoms with Crippen LogP contribution in [0, 0.1) is 0 Å². The second-order valence-electron chi connectivity index (χ2n) is 8.63. The third kappa shape index (κ3) is 7.28. The van der Waals surface area contributed by atoms with E-state index in [1.807, 2.05) is 24.3 Å². The first-order valence-corrected chi connectivity index (χ1v) is 11.8. The number of unbranched alkanes of at least 4 members (excludes halogenated alkanes) is 2. The Morgan fingerprint density at radius 2 is 1.67 bits per heavy atom. The zero-order valence-electron chi connectivity index (χ0n) is 17.0. The molecular weight excluding hydrogens is 360 g/mol. The molecule has 0 atom stereocenters. The third-order valence-corrected chi connectivity index (χ3v) is 7.92. The van der Waals surface area contributed by atoms with Gasteiger partial charge >= 0.3 is 0 Å². The van der Waals surface area contributed by atoms with E-state index in [9.17, 15) is 13.2 Å². The Balaban J connectivity index is 1.65. The molecule has 0 N–H and O–H groups in total. The summed E-state index contributed by atoms with van der Waals surface area (Å²) in [7, 11) is -3.06. The van der Waals surface area contributed by atoms with E-state index in [1.54, 1.807) is 20.8 Å². The van der Waals surface area contributed by atoms with Crippen LogP contribution in [0.15, 0.2) is 24.3 Å². The van der Waals surface area contributed by atoms with Gasteiger partial charge in [-0.25, -0.2) is 8.42 Å². The molecule has 0 spiro atoms. The fraction of sp³-hybridized carbons (Fsp3) is 0.682. The van der Waals surface area contributed by atoms with Crippen LogP contribution in [0.5, 0.6) is 5.75 Å². The molecule has 1 saturated carbocycles. The Labute approximate surface area is 164 Å². The number of benzene rings is 1. The molecule has 1 aromatic rings. The lowest BCUT2D eigenvalue weighted by atomic mass is 10.0. The second-order valence-corrected chi connectivity index (χ2v) is 11.5. The van der Waals surface area contributed by atoms with Crippen LogP contribution in [0.2, 0.25) is 0 Å². The van der Waals surface area contributed by atoms with Gasteiger partial charge in [-0.1, -0.05) is 18.6 Å². The molecule has 1 fully saturated rings. The highest BCUT2D eigenvalue weighted by molar-refractivity contribution is 7.92. The van der Waals surface area contributed by atoms with Gasteiger partial charge < -0.3 is 4.74 Å². The van der Waals surface area contributed by atoms with E-state index < -0.39 is 14.6 Å². The number of rotatable bonds is 10. The van der Waals surface area contributed by atoms with Crippen molar-refractivity contribution in [2.45, 2.75) is 89.4 Å². The van der Waals surface area contributed by atoms with Gasteiger partial charge in [0.25, 0.3) is 0 Å². The van der Waals surface area contributed by atoms with Crippen LogP contribution in [0.3, 0.4) is 0 Å². The molecule has 27 heavy (non-hydrogen) atoms. The highest BCUT2D eigenvalue weighted by Crippen LogP contribution is 2.24. The van der Waals surface area contributed by atoms with Crippen LogP contribution < -0.4 is 4.74 Å². The van der Waals surface area contributed by atoms with Crippen molar-refractivity contribution in [3.05, 3.63) is 29.8 Å². The molecule has 5 heteroatoms. The Bertz CT molecular complexity index is 693. The Kier molecular flexibility index (Phi) is 7.90. The predicted octanol–water partition coefficient (Wildman–Crippen LogP) is 4.89. The standard InChI is InChI=1S/C22H34O4S/c1-22(2,3)27(24,25)16-8-4-5-9-19(23)17-18-12-14-21(15-13-18)26-20-10-6-7-11-20/h12-15,20H,4-11,16-17H2,1-3H3. The molecule has 0 bridgehead atoms.